The van der Waals surface area contributed by atoms with Crippen LogP contribution in [0.25, 0.3) is 0 Å². The number of carbonyl (C=O) groups excluding carboxylic acids is 1. The molecular weight excluding hydrogens is 371 g/mol. The van der Waals surface area contributed by atoms with Crippen LogP contribution in [0, 0.1) is 0 Å². The minimum Gasteiger partial charge on any atom is -0.446 e. The molecule has 0 saturated heterocycles. The SMILES string of the molecule is CC1=CC(c2ccccc2C(F)(F)F)n2nccc2N1C(=O)OC1CCCC1. The maximum absolute atomic E-state index is 13.5. The zero-order valence-electron chi connectivity index (χ0n) is 15.3. The van der Waals surface area contributed by atoms with E-state index < -0.39 is 23.9 Å². The highest BCUT2D eigenvalue weighted by atomic mass is 19.4. The Labute approximate surface area is 160 Å². The van der Waals surface area contributed by atoms with Crippen LogP contribution < -0.4 is 4.90 Å². The number of carbonyl (C=O) groups is 1. The summed E-state index contributed by atoms with van der Waals surface area (Å²) in [6, 6.07) is 6.27. The summed E-state index contributed by atoms with van der Waals surface area (Å²) in [4.78, 5) is 14.1. The summed E-state index contributed by atoms with van der Waals surface area (Å²) in [6.07, 6.45) is 1.70. The maximum atomic E-state index is 13.5. The van der Waals surface area contributed by atoms with Crippen molar-refractivity contribution < 1.29 is 22.7 Å². The molecule has 1 aromatic carbocycles. The van der Waals surface area contributed by atoms with Crippen LogP contribution >= 0.6 is 0 Å². The normalized spacial score (nSPS) is 20.1. The minimum atomic E-state index is -4.48. The first-order valence-corrected chi connectivity index (χ1v) is 9.25. The van der Waals surface area contributed by atoms with E-state index in [2.05, 4.69) is 5.10 Å². The van der Waals surface area contributed by atoms with Gasteiger partial charge in [0.15, 0.2) is 0 Å². The Morgan fingerprint density at radius 3 is 2.61 bits per heavy atom. The molecule has 0 N–H and O–H groups in total. The fraction of sp³-hybridized carbons (Fsp3) is 0.400. The van der Waals surface area contributed by atoms with Crippen molar-refractivity contribution in [2.75, 3.05) is 4.90 Å². The first-order chi connectivity index (χ1) is 13.4. The average Bonchev–Trinajstić information content (AvgIpc) is 3.32. The molecule has 4 rings (SSSR count). The molecule has 1 aromatic heterocycles. The van der Waals surface area contributed by atoms with Gasteiger partial charge in [-0.05, 0) is 50.3 Å². The summed E-state index contributed by atoms with van der Waals surface area (Å²) in [5, 5.41) is 4.19. The zero-order chi connectivity index (χ0) is 19.9. The van der Waals surface area contributed by atoms with E-state index in [1.54, 1.807) is 25.1 Å². The van der Waals surface area contributed by atoms with Crippen molar-refractivity contribution in [3.8, 4) is 0 Å². The molecule has 2 heterocycles. The second-order valence-electron chi connectivity index (χ2n) is 7.10. The van der Waals surface area contributed by atoms with Crippen LogP contribution in [0.2, 0.25) is 0 Å². The fourth-order valence-corrected chi connectivity index (χ4v) is 3.93. The van der Waals surface area contributed by atoms with Crippen LogP contribution in [0.15, 0.2) is 48.3 Å². The second kappa shape index (κ2) is 7.00. The second-order valence-corrected chi connectivity index (χ2v) is 7.10. The van der Waals surface area contributed by atoms with E-state index in [0.29, 0.717) is 11.5 Å². The standard InChI is InChI=1S/C20H20F3N3O2/c1-13-12-17(15-8-4-5-9-16(15)20(21,22)23)26-18(10-11-24-26)25(13)19(27)28-14-6-2-3-7-14/h4-5,8-12,14,17H,2-3,6-7H2,1H3. The van der Waals surface area contributed by atoms with Gasteiger partial charge in [-0.1, -0.05) is 18.2 Å². The molecule has 2 aliphatic rings. The van der Waals surface area contributed by atoms with Crippen LogP contribution in [0.4, 0.5) is 23.8 Å². The number of amides is 1. The molecule has 0 bridgehead atoms. The number of alkyl halides is 3. The van der Waals surface area contributed by atoms with Gasteiger partial charge in [0.05, 0.1) is 17.8 Å². The van der Waals surface area contributed by atoms with E-state index in [1.807, 2.05) is 0 Å². The molecule has 5 nitrogen and oxygen atoms in total. The third kappa shape index (κ3) is 3.27. The lowest BCUT2D eigenvalue weighted by atomic mass is 9.98. The van der Waals surface area contributed by atoms with Crippen molar-refractivity contribution in [2.45, 2.75) is 50.9 Å². The topological polar surface area (TPSA) is 47.4 Å². The Kier molecular flexibility index (Phi) is 4.64. The van der Waals surface area contributed by atoms with Crippen molar-refractivity contribution >= 4 is 11.9 Å². The van der Waals surface area contributed by atoms with E-state index in [4.69, 9.17) is 4.74 Å². The van der Waals surface area contributed by atoms with Gasteiger partial charge in [0.2, 0.25) is 0 Å². The number of hydrogen-bond acceptors (Lipinski definition) is 3. The molecular formula is C20H20F3N3O2. The molecule has 8 heteroatoms. The monoisotopic (exact) mass is 391 g/mol. The molecule has 1 unspecified atom stereocenters. The maximum Gasteiger partial charge on any atom is 0.420 e. The average molecular weight is 391 g/mol. The van der Waals surface area contributed by atoms with E-state index in [1.165, 1.54) is 27.9 Å². The fourth-order valence-electron chi connectivity index (χ4n) is 3.93. The Bertz CT molecular complexity index is 913. The van der Waals surface area contributed by atoms with Gasteiger partial charge in [0, 0.05) is 11.8 Å². The number of anilines is 1. The van der Waals surface area contributed by atoms with Crippen molar-refractivity contribution in [2.24, 2.45) is 0 Å². The first-order valence-electron chi connectivity index (χ1n) is 9.25. The zero-order valence-corrected chi connectivity index (χ0v) is 15.3. The quantitative estimate of drug-likeness (QED) is 0.698. The summed E-state index contributed by atoms with van der Waals surface area (Å²) < 4.78 is 47.5. The van der Waals surface area contributed by atoms with Crippen molar-refractivity contribution in [3.05, 3.63) is 59.4 Å². The van der Waals surface area contributed by atoms with Crippen LogP contribution in [-0.2, 0) is 10.9 Å². The summed E-state index contributed by atoms with van der Waals surface area (Å²) in [5.74, 6) is 0.393. The van der Waals surface area contributed by atoms with Gasteiger partial charge in [0.1, 0.15) is 11.9 Å². The lowest BCUT2D eigenvalue weighted by Crippen LogP contribution is -2.37. The molecule has 148 valence electrons. The molecule has 1 aliphatic carbocycles. The Hall–Kier alpha value is -2.77. The highest BCUT2D eigenvalue weighted by Gasteiger charge is 2.38. The molecule has 1 fully saturated rings. The molecule has 28 heavy (non-hydrogen) atoms. The summed E-state index contributed by atoms with van der Waals surface area (Å²) in [7, 11) is 0. The van der Waals surface area contributed by atoms with Gasteiger partial charge in [-0.2, -0.15) is 18.3 Å². The van der Waals surface area contributed by atoms with Gasteiger partial charge in [-0.25, -0.2) is 14.4 Å². The first kappa shape index (κ1) is 18.6. The Morgan fingerprint density at radius 2 is 1.89 bits per heavy atom. The Balaban J connectivity index is 1.71. The lowest BCUT2D eigenvalue weighted by molar-refractivity contribution is -0.138. The van der Waals surface area contributed by atoms with Crippen LogP contribution in [0.3, 0.4) is 0 Å². The predicted molar refractivity (Wildman–Crippen MR) is 96.8 cm³/mol. The molecule has 1 atom stereocenters. The van der Waals surface area contributed by atoms with Crippen molar-refractivity contribution in [3.63, 3.8) is 0 Å². The number of fused-ring (bicyclic) bond motifs is 1. The van der Waals surface area contributed by atoms with Crippen molar-refractivity contribution in [1.82, 2.24) is 9.78 Å². The third-order valence-corrected chi connectivity index (χ3v) is 5.23. The number of aromatic nitrogens is 2. The highest BCUT2D eigenvalue weighted by Crippen LogP contribution is 2.40. The smallest absolute Gasteiger partial charge is 0.420 e. The predicted octanol–water partition coefficient (Wildman–Crippen LogP) is 5.29. The van der Waals surface area contributed by atoms with Gasteiger partial charge in [-0.15, -0.1) is 0 Å². The molecule has 1 aliphatic heterocycles. The Morgan fingerprint density at radius 1 is 1.18 bits per heavy atom. The number of hydrogen-bond donors (Lipinski definition) is 0. The number of rotatable bonds is 2. The van der Waals surface area contributed by atoms with Crippen LogP contribution in [0.5, 0.6) is 0 Å². The number of nitrogens with zero attached hydrogens (tertiary/aromatic N) is 3. The van der Waals surface area contributed by atoms with Gasteiger partial charge in [0.25, 0.3) is 0 Å². The summed E-state index contributed by atoms with van der Waals surface area (Å²) >= 11 is 0. The molecule has 0 radical (unpaired) electrons. The van der Waals surface area contributed by atoms with Gasteiger partial charge < -0.3 is 4.74 Å². The minimum absolute atomic E-state index is 0.0862. The molecule has 0 spiro atoms. The number of benzene rings is 1. The van der Waals surface area contributed by atoms with E-state index >= 15 is 0 Å². The lowest BCUT2D eigenvalue weighted by Gasteiger charge is -2.32. The van der Waals surface area contributed by atoms with E-state index in [9.17, 15) is 18.0 Å². The van der Waals surface area contributed by atoms with E-state index in [0.717, 1.165) is 31.7 Å². The van der Waals surface area contributed by atoms with Crippen LogP contribution in [-0.4, -0.2) is 22.0 Å². The highest BCUT2D eigenvalue weighted by molar-refractivity contribution is 5.90. The molecule has 1 saturated carbocycles. The van der Waals surface area contributed by atoms with E-state index in [-0.39, 0.29) is 11.7 Å². The number of ether oxygens (including phenoxy) is 1. The number of allylic oxidation sites excluding steroid dienone is 2. The molecule has 2 aromatic rings. The van der Waals surface area contributed by atoms with Crippen molar-refractivity contribution in [1.29, 1.82) is 0 Å². The summed E-state index contributed by atoms with van der Waals surface area (Å²) in [6.45, 7) is 1.69. The molecule has 1 amide bonds. The van der Waals surface area contributed by atoms with Gasteiger partial charge in [-0.3, -0.25) is 0 Å². The van der Waals surface area contributed by atoms with Gasteiger partial charge >= 0.3 is 12.3 Å². The summed E-state index contributed by atoms with van der Waals surface area (Å²) in [5.41, 5.74) is -0.117. The van der Waals surface area contributed by atoms with Crippen LogP contribution in [0.1, 0.15) is 49.8 Å². The third-order valence-electron chi connectivity index (χ3n) is 5.23. The largest absolute Gasteiger partial charge is 0.446 e. The number of halogens is 3.